The van der Waals surface area contributed by atoms with Gasteiger partial charge in [-0.2, -0.15) is 5.10 Å². The van der Waals surface area contributed by atoms with Crippen molar-refractivity contribution in [2.75, 3.05) is 11.9 Å². The van der Waals surface area contributed by atoms with Crippen molar-refractivity contribution in [1.29, 1.82) is 0 Å². The summed E-state index contributed by atoms with van der Waals surface area (Å²) in [5, 5.41) is 9.88. The Hall–Kier alpha value is -1.88. The van der Waals surface area contributed by atoms with Crippen molar-refractivity contribution >= 4 is 32.5 Å². The number of hydrogen-bond donors (Lipinski definition) is 1. The van der Waals surface area contributed by atoms with E-state index in [0.717, 1.165) is 28.6 Å². The monoisotopic (exact) mass is 330 g/mol. The van der Waals surface area contributed by atoms with Crippen molar-refractivity contribution in [1.82, 2.24) is 14.8 Å². The maximum atomic E-state index is 4.43. The predicted octanol–water partition coefficient (Wildman–Crippen LogP) is 3.39. The van der Waals surface area contributed by atoms with Crippen LogP contribution in [-0.2, 0) is 13.5 Å². The van der Waals surface area contributed by atoms with Gasteiger partial charge in [0.2, 0.25) is 0 Å². The van der Waals surface area contributed by atoms with Crippen LogP contribution in [0.3, 0.4) is 0 Å². The lowest BCUT2D eigenvalue weighted by Crippen LogP contribution is -2.06. The minimum Gasteiger partial charge on any atom is -0.369 e. The number of aryl methyl sites for hydroxylation is 1. The Kier molecular flexibility index (Phi) is 3.69. The summed E-state index contributed by atoms with van der Waals surface area (Å²) >= 11 is 3.57. The third kappa shape index (κ3) is 2.67. The molecular formula is C15H15BrN4. The number of benzene rings is 1. The van der Waals surface area contributed by atoms with Crippen LogP contribution in [0.4, 0.5) is 5.82 Å². The van der Waals surface area contributed by atoms with Gasteiger partial charge in [-0.3, -0.25) is 4.68 Å². The molecule has 1 N–H and O–H groups in total. The van der Waals surface area contributed by atoms with Gasteiger partial charge in [0, 0.05) is 41.2 Å². The number of anilines is 1. The second-order valence-corrected chi connectivity index (χ2v) is 5.55. The number of rotatable bonds is 4. The summed E-state index contributed by atoms with van der Waals surface area (Å²) in [5.74, 6) is 0.924. The molecule has 3 aromatic rings. The fraction of sp³-hybridized carbons (Fsp3) is 0.200. The molecule has 0 amide bonds. The van der Waals surface area contributed by atoms with Crippen LogP contribution in [0.5, 0.6) is 0 Å². The van der Waals surface area contributed by atoms with Crippen LogP contribution in [0.25, 0.3) is 10.8 Å². The molecular weight excluding hydrogens is 316 g/mol. The zero-order valence-electron chi connectivity index (χ0n) is 11.2. The van der Waals surface area contributed by atoms with Gasteiger partial charge in [-0.05, 0) is 24.1 Å². The molecule has 0 bridgehead atoms. The molecule has 0 saturated carbocycles. The summed E-state index contributed by atoms with van der Waals surface area (Å²) in [7, 11) is 1.93. The molecule has 2 heterocycles. The molecule has 0 aliphatic heterocycles. The number of nitrogens with one attached hydrogen (secondary N) is 1. The fourth-order valence-corrected chi connectivity index (χ4v) is 2.73. The Bertz CT molecular complexity index is 736. The van der Waals surface area contributed by atoms with Gasteiger partial charge in [0.25, 0.3) is 0 Å². The van der Waals surface area contributed by atoms with E-state index in [1.807, 2.05) is 48.5 Å². The van der Waals surface area contributed by atoms with Gasteiger partial charge >= 0.3 is 0 Å². The lowest BCUT2D eigenvalue weighted by Gasteiger charge is -2.09. The Labute approximate surface area is 126 Å². The Morgan fingerprint density at radius 1 is 1.25 bits per heavy atom. The molecule has 3 rings (SSSR count). The third-order valence-corrected chi connectivity index (χ3v) is 3.91. The van der Waals surface area contributed by atoms with E-state index in [1.165, 1.54) is 10.9 Å². The highest BCUT2D eigenvalue weighted by molar-refractivity contribution is 9.10. The number of nitrogens with zero attached hydrogens (tertiary/aromatic N) is 3. The molecule has 20 heavy (non-hydrogen) atoms. The molecule has 102 valence electrons. The molecule has 5 heteroatoms. The largest absolute Gasteiger partial charge is 0.369 e. The van der Waals surface area contributed by atoms with Gasteiger partial charge in [0.15, 0.2) is 0 Å². The lowest BCUT2D eigenvalue weighted by molar-refractivity contribution is 0.767. The first-order valence-corrected chi connectivity index (χ1v) is 7.28. The Morgan fingerprint density at radius 2 is 2.15 bits per heavy atom. The number of halogens is 1. The summed E-state index contributed by atoms with van der Waals surface area (Å²) in [6.07, 6.45) is 6.70. The van der Waals surface area contributed by atoms with E-state index in [4.69, 9.17) is 0 Å². The molecule has 0 saturated heterocycles. The van der Waals surface area contributed by atoms with Crippen molar-refractivity contribution in [2.24, 2.45) is 7.05 Å². The van der Waals surface area contributed by atoms with E-state index in [9.17, 15) is 0 Å². The zero-order chi connectivity index (χ0) is 13.9. The smallest absolute Gasteiger partial charge is 0.133 e. The third-order valence-electron chi connectivity index (χ3n) is 3.22. The predicted molar refractivity (Wildman–Crippen MR) is 84.8 cm³/mol. The van der Waals surface area contributed by atoms with Crippen molar-refractivity contribution in [3.8, 4) is 0 Å². The number of aromatic nitrogens is 3. The highest BCUT2D eigenvalue weighted by atomic mass is 79.9. The zero-order valence-corrected chi connectivity index (χ0v) is 12.8. The van der Waals surface area contributed by atoms with Crippen LogP contribution < -0.4 is 5.32 Å². The average molecular weight is 331 g/mol. The number of pyridine rings is 1. The molecule has 0 atom stereocenters. The first-order valence-electron chi connectivity index (χ1n) is 6.48. The topological polar surface area (TPSA) is 42.7 Å². The van der Waals surface area contributed by atoms with Crippen molar-refractivity contribution in [2.45, 2.75) is 6.42 Å². The molecule has 0 radical (unpaired) electrons. The van der Waals surface area contributed by atoms with Gasteiger partial charge in [-0.15, -0.1) is 0 Å². The highest BCUT2D eigenvalue weighted by Gasteiger charge is 2.04. The minimum atomic E-state index is 0.838. The second kappa shape index (κ2) is 5.63. The minimum absolute atomic E-state index is 0.838. The standard InChI is InChI=1S/C15H15BrN4/c1-20-10-11(9-19-20)5-7-17-15-13-3-2-4-14(16)12(13)6-8-18-15/h2-4,6,8-10H,5,7H2,1H3,(H,17,18). The lowest BCUT2D eigenvalue weighted by atomic mass is 10.1. The number of hydrogen-bond acceptors (Lipinski definition) is 3. The Balaban J connectivity index is 1.76. The molecule has 0 aliphatic rings. The van der Waals surface area contributed by atoms with E-state index < -0.39 is 0 Å². The summed E-state index contributed by atoms with van der Waals surface area (Å²) in [6.45, 7) is 0.838. The first-order chi connectivity index (χ1) is 9.74. The molecule has 1 aromatic carbocycles. The molecule has 0 unspecified atom stereocenters. The van der Waals surface area contributed by atoms with E-state index in [0.29, 0.717) is 0 Å². The maximum absolute atomic E-state index is 4.43. The molecule has 2 aromatic heterocycles. The van der Waals surface area contributed by atoms with Crippen LogP contribution in [0.15, 0.2) is 47.3 Å². The SMILES string of the molecule is Cn1cc(CCNc2nccc3c(Br)cccc23)cn1. The van der Waals surface area contributed by atoms with Crippen LogP contribution in [0.1, 0.15) is 5.56 Å². The second-order valence-electron chi connectivity index (χ2n) is 4.69. The van der Waals surface area contributed by atoms with Gasteiger partial charge in [-0.25, -0.2) is 4.98 Å². The number of fused-ring (bicyclic) bond motifs is 1. The van der Waals surface area contributed by atoms with E-state index in [2.05, 4.69) is 37.4 Å². The van der Waals surface area contributed by atoms with E-state index in [1.54, 1.807) is 0 Å². The van der Waals surface area contributed by atoms with E-state index >= 15 is 0 Å². The molecule has 0 fully saturated rings. The van der Waals surface area contributed by atoms with Crippen LogP contribution in [-0.4, -0.2) is 21.3 Å². The average Bonchev–Trinajstić information content (AvgIpc) is 2.86. The van der Waals surface area contributed by atoms with Crippen molar-refractivity contribution in [3.05, 3.63) is 52.9 Å². The first kappa shape index (κ1) is 13.1. The summed E-state index contributed by atoms with van der Waals surface area (Å²) in [5.41, 5.74) is 1.22. The van der Waals surface area contributed by atoms with Gasteiger partial charge in [0.05, 0.1) is 6.20 Å². The molecule has 0 aliphatic carbocycles. The summed E-state index contributed by atoms with van der Waals surface area (Å²) in [6, 6.07) is 8.17. The van der Waals surface area contributed by atoms with E-state index in [-0.39, 0.29) is 0 Å². The van der Waals surface area contributed by atoms with Gasteiger partial charge < -0.3 is 5.32 Å². The van der Waals surface area contributed by atoms with Gasteiger partial charge in [-0.1, -0.05) is 28.1 Å². The quantitative estimate of drug-likeness (QED) is 0.797. The van der Waals surface area contributed by atoms with Gasteiger partial charge in [0.1, 0.15) is 5.82 Å². The van der Waals surface area contributed by atoms with Crippen LogP contribution in [0.2, 0.25) is 0 Å². The molecule has 4 nitrogen and oxygen atoms in total. The maximum Gasteiger partial charge on any atom is 0.133 e. The van der Waals surface area contributed by atoms with Crippen LogP contribution >= 0.6 is 15.9 Å². The normalized spacial score (nSPS) is 10.9. The Morgan fingerprint density at radius 3 is 2.95 bits per heavy atom. The van der Waals surface area contributed by atoms with Crippen molar-refractivity contribution in [3.63, 3.8) is 0 Å². The van der Waals surface area contributed by atoms with Crippen molar-refractivity contribution < 1.29 is 0 Å². The highest BCUT2D eigenvalue weighted by Crippen LogP contribution is 2.27. The van der Waals surface area contributed by atoms with Crippen LogP contribution in [0, 0.1) is 0 Å². The summed E-state index contributed by atoms with van der Waals surface area (Å²) < 4.78 is 2.91. The summed E-state index contributed by atoms with van der Waals surface area (Å²) in [4.78, 5) is 4.43. The molecule has 0 spiro atoms. The fourth-order valence-electron chi connectivity index (χ4n) is 2.24.